The summed E-state index contributed by atoms with van der Waals surface area (Å²) < 4.78 is 19.7. The van der Waals surface area contributed by atoms with Gasteiger partial charge in [-0.2, -0.15) is 0 Å². The summed E-state index contributed by atoms with van der Waals surface area (Å²) in [5.74, 6) is 0.0932. The summed E-state index contributed by atoms with van der Waals surface area (Å²) >= 11 is 0. The molecule has 1 heterocycles. The third kappa shape index (κ3) is 2.71. The molecule has 0 spiro atoms. The Labute approximate surface area is 121 Å². The lowest BCUT2D eigenvalue weighted by Crippen LogP contribution is -1.95. The third-order valence-electron chi connectivity index (χ3n) is 3.25. The van der Waals surface area contributed by atoms with Crippen LogP contribution in [-0.2, 0) is 0 Å². The van der Waals surface area contributed by atoms with E-state index in [-0.39, 0.29) is 5.75 Å². The van der Waals surface area contributed by atoms with Gasteiger partial charge < -0.3 is 9.84 Å². The van der Waals surface area contributed by atoms with Gasteiger partial charge in [-0.05, 0) is 36.8 Å². The largest absolute Gasteiger partial charge is 0.452 e. The van der Waals surface area contributed by atoms with E-state index < -0.39 is 11.9 Å². The maximum absolute atomic E-state index is 14.0. The van der Waals surface area contributed by atoms with E-state index in [1.807, 2.05) is 24.3 Å². The first-order valence-corrected chi connectivity index (χ1v) is 6.64. The van der Waals surface area contributed by atoms with E-state index in [0.29, 0.717) is 16.8 Å². The van der Waals surface area contributed by atoms with Crippen LogP contribution >= 0.6 is 0 Å². The number of ether oxygens (including phenoxy) is 1. The predicted molar refractivity (Wildman–Crippen MR) is 78.9 cm³/mol. The molecule has 0 aliphatic carbocycles. The normalized spacial score (nSPS) is 12.3. The molecule has 1 aromatic heterocycles. The fraction of sp³-hybridized carbons (Fsp3) is 0.118. The molecule has 0 radical (unpaired) electrons. The molecule has 106 valence electrons. The Morgan fingerprint density at radius 1 is 1.10 bits per heavy atom. The fourth-order valence-electron chi connectivity index (χ4n) is 2.14. The maximum atomic E-state index is 14.0. The van der Waals surface area contributed by atoms with Crippen LogP contribution in [-0.4, -0.2) is 10.1 Å². The van der Waals surface area contributed by atoms with Crippen molar-refractivity contribution in [1.29, 1.82) is 0 Å². The minimum Gasteiger partial charge on any atom is -0.452 e. The molecule has 0 fully saturated rings. The van der Waals surface area contributed by atoms with Crippen molar-refractivity contribution in [3.8, 4) is 11.5 Å². The molecule has 0 bridgehead atoms. The first-order chi connectivity index (χ1) is 10.1. The molecule has 4 heteroatoms. The van der Waals surface area contributed by atoms with Crippen LogP contribution in [0.25, 0.3) is 10.9 Å². The summed E-state index contributed by atoms with van der Waals surface area (Å²) in [5.41, 5.74) is 1.19. The number of hydrogen-bond donors (Lipinski definition) is 1. The van der Waals surface area contributed by atoms with Crippen LogP contribution in [0.2, 0.25) is 0 Å². The Balaban J connectivity index is 1.99. The zero-order valence-corrected chi connectivity index (χ0v) is 11.5. The van der Waals surface area contributed by atoms with Crippen molar-refractivity contribution in [2.75, 3.05) is 0 Å². The highest BCUT2D eigenvalue weighted by molar-refractivity contribution is 5.84. The van der Waals surface area contributed by atoms with Gasteiger partial charge in [-0.1, -0.05) is 24.3 Å². The molecule has 3 rings (SSSR count). The second-order valence-electron chi connectivity index (χ2n) is 4.80. The van der Waals surface area contributed by atoms with Gasteiger partial charge in [0, 0.05) is 11.6 Å². The average Bonchev–Trinajstić information content (AvgIpc) is 2.49. The van der Waals surface area contributed by atoms with Crippen molar-refractivity contribution >= 4 is 10.9 Å². The van der Waals surface area contributed by atoms with Crippen LogP contribution in [0.3, 0.4) is 0 Å². The van der Waals surface area contributed by atoms with Gasteiger partial charge in [0.25, 0.3) is 0 Å². The molecule has 1 N–H and O–H groups in total. The Hall–Kier alpha value is -2.46. The number of aromatic nitrogens is 1. The Kier molecular flexibility index (Phi) is 3.54. The van der Waals surface area contributed by atoms with Crippen LogP contribution in [0.15, 0.2) is 54.7 Å². The quantitative estimate of drug-likeness (QED) is 0.782. The minimum absolute atomic E-state index is 0.109. The average molecular weight is 283 g/mol. The zero-order valence-electron chi connectivity index (χ0n) is 11.5. The van der Waals surface area contributed by atoms with Crippen LogP contribution in [0.1, 0.15) is 18.6 Å². The summed E-state index contributed by atoms with van der Waals surface area (Å²) in [5, 5.41) is 10.4. The van der Waals surface area contributed by atoms with E-state index >= 15 is 0 Å². The number of nitrogens with zero attached hydrogens (tertiary/aromatic N) is 1. The molecule has 3 aromatic rings. The van der Waals surface area contributed by atoms with E-state index in [2.05, 4.69) is 4.98 Å². The van der Waals surface area contributed by atoms with Crippen LogP contribution < -0.4 is 4.74 Å². The monoisotopic (exact) mass is 283 g/mol. The van der Waals surface area contributed by atoms with Gasteiger partial charge in [0.1, 0.15) is 5.52 Å². The van der Waals surface area contributed by atoms with Gasteiger partial charge in [-0.3, -0.25) is 4.98 Å². The Morgan fingerprint density at radius 2 is 1.90 bits per heavy atom. The molecular weight excluding hydrogens is 269 g/mol. The molecule has 0 saturated heterocycles. The highest BCUT2D eigenvalue weighted by Gasteiger charge is 2.10. The van der Waals surface area contributed by atoms with Crippen molar-refractivity contribution in [3.05, 3.63) is 66.1 Å². The lowest BCUT2D eigenvalue weighted by Gasteiger charge is -2.11. The van der Waals surface area contributed by atoms with E-state index in [9.17, 15) is 9.50 Å². The highest BCUT2D eigenvalue weighted by atomic mass is 19.1. The number of para-hydroxylation sites is 1. The third-order valence-corrected chi connectivity index (χ3v) is 3.25. The van der Waals surface area contributed by atoms with Crippen LogP contribution in [0.5, 0.6) is 11.5 Å². The van der Waals surface area contributed by atoms with E-state index in [1.54, 1.807) is 25.3 Å². The van der Waals surface area contributed by atoms with Crippen molar-refractivity contribution in [3.63, 3.8) is 0 Å². The number of aliphatic hydroxyl groups excluding tert-OH is 1. The Bertz CT molecular complexity index is 781. The zero-order chi connectivity index (χ0) is 14.8. The SMILES string of the molecule is C[C@H](O)c1ccc(Oc2cccc3cccnc23)c(F)c1. The van der Waals surface area contributed by atoms with Crippen molar-refractivity contribution in [2.45, 2.75) is 13.0 Å². The Morgan fingerprint density at radius 3 is 2.67 bits per heavy atom. The van der Waals surface area contributed by atoms with E-state index in [0.717, 1.165) is 5.39 Å². The predicted octanol–water partition coefficient (Wildman–Crippen LogP) is 4.22. The lowest BCUT2D eigenvalue weighted by molar-refractivity contribution is 0.198. The van der Waals surface area contributed by atoms with Gasteiger partial charge in [0.05, 0.1) is 6.10 Å². The van der Waals surface area contributed by atoms with E-state index in [1.165, 1.54) is 12.1 Å². The van der Waals surface area contributed by atoms with Gasteiger partial charge in [0.15, 0.2) is 17.3 Å². The lowest BCUT2D eigenvalue weighted by atomic mass is 10.1. The van der Waals surface area contributed by atoms with Crippen LogP contribution in [0, 0.1) is 5.82 Å². The summed E-state index contributed by atoms with van der Waals surface area (Å²) in [4.78, 5) is 4.27. The molecule has 2 aromatic carbocycles. The summed E-state index contributed by atoms with van der Waals surface area (Å²) in [6, 6.07) is 13.7. The molecule has 0 amide bonds. The molecular formula is C17H14FNO2. The van der Waals surface area contributed by atoms with Crippen molar-refractivity contribution < 1.29 is 14.2 Å². The van der Waals surface area contributed by atoms with Gasteiger partial charge >= 0.3 is 0 Å². The highest BCUT2D eigenvalue weighted by Crippen LogP contribution is 2.30. The van der Waals surface area contributed by atoms with Crippen LogP contribution in [0.4, 0.5) is 4.39 Å². The number of halogens is 1. The first-order valence-electron chi connectivity index (χ1n) is 6.64. The number of aliphatic hydroxyl groups is 1. The summed E-state index contributed by atoms with van der Waals surface area (Å²) in [7, 11) is 0. The number of benzene rings is 2. The fourth-order valence-corrected chi connectivity index (χ4v) is 2.14. The smallest absolute Gasteiger partial charge is 0.166 e. The van der Waals surface area contributed by atoms with Gasteiger partial charge in [-0.15, -0.1) is 0 Å². The summed E-state index contributed by atoms with van der Waals surface area (Å²) in [6.45, 7) is 1.59. The molecule has 1 atom stereocenters. The number of rotatable bonds is 3. The molecule has 0 aliphatic heterocycles. The van der Waals surface area contributed by atoms with Crippen molar-refractivity contribution in [2.24, 2.45) is 0 Å². The minimum atomic E-state index is -0.715. The standard InChI is InChI=1S/C17H14FNO2/c1-11(20)13-7-8-15(14(18)10-13)21-16-6-2-4-12-5-3-9-19-17(12)16/h2-11,20H,1H3/t11-/m0/s1. The van der Waals surface area contributed by atoms with Crippen molar-refractivity contribution in [1.82, 2.24) is 4.98 Å². The molecule has 0 unspecified atom stereocenters. The number of fused-ring (bicyclic) bond motifs is 1. The second kappa shape index (κ2) is 5.50. The second-order valence-corrected chi connectivity index (χ2v) is 4.80. The molecule has 21 heavy (non-hydrogen) atoms. The maximum Gasteiger partial charge on any atom is 0.166 e. The molecule has 0 aliphatic rings. The van der Waals surface area contributed by atoms with E-state index in [4.69, 9.17) is 4.74 Å². The topological polar surface area (TPSA) is 42.4 Å². The number of pyridine rings is 1. The number of hydrogen-bond acceptors (Lipinski definition) is 3. The van der Waals surface area contributed by atoms with Gasteiger partial charge in [-0.25, -0.2) is 4.39 Å². The summed E-state index contributed by atoms with van der Waals surface area (Å²) in [6.07, 6.45) is 0.954. The first kappa shape index (κ1) is 13.5. The molecule has 3 nitrogen and oxygen atoms in total. The van der Waals surface area contributed by atoms with Gasteiger partial charge in [0.2, 0.25) is 0 Å². The molecule has 0 saturated carbocycles.